The summed E-state index contributed by atoms with van der Waals surface area (Å²) < 4.78 is 5.27. The van der Waals surface area contributed by atoms with E-state index in [0.29, 0.717) is 12.4 Å². The van der Waals surface area contributed by atoms with Gasteiger partial charge in [0.05, 0.1) is 0 Å². The minimum absolute atomic E-state index is 0.00462. The van der Waals surface area contributed by atoms with E-state index in [1.807, 2.05) is 25.7 Å². The van der Waals surface area contributed by atoms with Crippen molar-refractivity contribution >= 4 is 11.9 Å². The molecule has 0 radical (unpaired) electrons. The lowest BCUT2D eigenvalue weighted by molar-refractivity contribution is 0.0500. The first-order valence-electron chi connectivity index (χ1n) is 7.23. The minimum atomic E-state index is -0.502. The smallest absolute Gasteiger partial charge is 0.407 e. The largest absolute Gasteiger partial charge is 0.504 e. The van der Waals surface area contributed by atoms with Crippen LogP contribution < -0.4 is 10.2 Å². The summed E-state index contributed by atoms with van der Waals surface area (Å²) in [6.45, 7) is 6.95. The zero-order valence-electron chi connectivity index (χ0n) is 12.8. The molecule has 116 valence electrons. The van der Waals surface area contributed by atoms with E-state index in [-0.39, 0.29) is 11.8 Å². The second kappa shape index (κ2) is 6.20. The molecule has 1 amide bonds. The van der Waals surface area contributed by atoms with Gasteiger partial charge in [-0.1, -0.05) is 0 Å². The van der Waals surface area contributed by atoms with Gasteiger partial charge in [-0.2, -0.15) is 0 Å². The summed E-state index contributed by atoms with van der Waals surface area (Å²) in [4.78, 5) is 18.0. The van der Waals surface area contributed by atoms with Gasteiger partial charge in [-0.15, -0.1) is 0 Å². The molecule has 6 nitrogen and oxygen atoms in total. The van der Waals surface area contributed by atoms with Crippen LogP contribution in [0.1, 0.15) is 33.6 Å². The number of aromatic nitrogens is 1. The lowest BCUT2D eigenvalue weighted by Crippen LogP contribution is -2.49. The van der Waals surface area contributed by atoms with Crippen molar-refractivity contribution in [3.8, 4) is 5.75 Å². The molecule has 0 bridgehead atoms. The Balaban J connectivity index is 1.95. The molecule has 2 rings (SSSR count). The van der Waals surface area contributed by atoms with Gasteiger partial charge in [0.2, 0.25) is 0 Å². The van der Waals surface area contributed by atoms with Crippen molar-refractivity contribution in [2.24, 2.45) is 0 Å². The van der Waals surface area contributed by atoms with Crippen molar-refractivity contribution in [2.75, 3.05) is 18.0 Å². The highest BCUT2D eigenvalue weighted by Gasteiger charge is 2.25. The molecule has 21 heavy (non-hydrogen) atoms. The highest BCUT2D eigenvalue weighted by molar-refractivity contribution is 5.68. The van der Waals surface area contributed by atoms with E-state index in [2.05, 4.69) is 10.3 Å². The molecule has 1 saturated heterocycles. The van der Waals surface area contributed by atoms with Gasteiger partial charge in [-0.3, -0.25) is 0 Å². The Hall–Kier alpha value is -1.98. The van der Waals surface area contributed by atoms with Crippen molar-refractivity contribution in [3.63, 3.8) is 0 Å². The molecule has 1 fully saturated rings. The van der Waals surface area contributed by atoms with Crippen LogP contribution in [0.5, 0.6) is 5.75 Å². The maximum Gasteiger partial charge on any atom is 0.407 e. The second-order valence-electron chi connectivity index (χ2n) is 6.28. The van der Waals surface area contributed by atoms with Gasteiger partial charge < -0.3 is 20.1 Å². The molecular weight excluding hydrogens is 270 g/mol. The quantitative estimate of drug-likeness (QED) is 0.875. The molecule has 1 atom stereocenters. The molecule has 1 aliphatic rings. The number of pyridine rings is 1. The van der Waals surface area contributed by atoms with Crippen molar-refractivity contribution in [3.05, 3.63) is 18.3 Å². The molecule has 0 aromatic carbocycles. The topological polar surface area (TPSA) is 74.7 Å². The number of carbonyl (C=O) groups excluding carboxylic acids is 1. The third kappa shape index (κ3) is 4.51. The highest BCUT2D eigenvalue weighted by Crippen LogP contribution is 2.26. The lowest BCUT2D eigenvalue weighted by atomic mass is 10.1. The maximum absolute atomic E-state index is 11.8. The summed E-state index contributed by atoms with van der Waals surface area (Å²) in [5, 5.41) is 12.7. The first-order chi connectivity index (χ1) is 9.85. The highest BCUT2D eigenvalue weighted by atomic mass is 16.6. The lowest BCUT2D eigenvalue weighted by Gasteiger charge is -2.34. The predicted octanol–water partition coefficient (Wildman–Crippen LogP) is 2.28. The SMILES string of the molecule is CC(C)(C)OC(=O)N[C@H]1CCCN(c2ncccc2O)C1. The van der Waals surface area contributed by atoms with E-state index in [4.69, 9.17) is 4.74 Å². The van der Waals surface area contributed by atoms with Gasteiger partial charge in [-0.25, -0.2) is 9.78 Å². The predicted molar refractivity (Wildman–Crippen MR) is 80.5 cm³/mol. The van der Waals surface area contributed by atoms with Crippen molar-refractivity contribution in [1.82, 2.24) is 10.3 Å². The molecule has 0 spiro atoms. The number of hydrogen-bond acceptors (Lipinski definition) is 5. The van der Waals surface area contributed by atoms with Crippen LogP contribution in [0.25, 0.3) is 0 Å². The molecule has 0 unspecified atom stereocenters. The number of aromatic hydroxyl groups is 1. The third-order valence-electron chi connectivity index (χ3n) is 3.21. The van der Waals surface area contributed by atoms with Gasteiger partial charge >= 0.3 is 6.09 Å². The monoisotopic (exact) mass is 293 g/mol. The molecule has 1 aliphatic heterocycles. The van der Waals surface area contributed by atoms with E-state index >= 15 is 0 Å². The van der Waals surface area contributed by atoms with Crippen LogP contribution in [0.3, 0.4) is 0 Å². The standard InChI is InChI=1S/C15H23N3O3/c1-15(2,3)21-14(20)17-11-6-5-9-18(10-11)13-12(19)7-4-8-16-13/h4,7-8,11,19H,5-6,9-10H2,1-3H3,(H,17,20)/t11-/m0/s1. The Kier molecular flexibility index (Phi) is 4.55. The van der Waals surface area contributed by atoms with Crippen molar-refractivity contribution in [1.29, 1.82) is 0 Å². The fourth-order valence-electron chi connectivity index (χ4n) is 2.39. The normalized spacial score (nSPS) is 19.2. The molecule has 6 heteroatoms. The second-order valence-corrected chi connectivity index (χ2v) is 6.28. The number of nitrogens with one attached hydrogen (secondary N) is 1. The third-order valence-corrected chi connectivity index (χ3v) is 3.21. The van der Waals surface area contributed by atoms with Crippen LogP contribution >= 0.6 is 0 Å². The Morgan fingerprint density at radius 3 is 2.95 bits per heavy atom. The number of rotatable bonds is 2. The molecule has 2 N–H and O–H groups in total. The molecule has 1 aromatic rings. The number of hydrogen-bond donors (Lipinski definition) is 2. The molecular formula is C15H23N3O3. The Labute approximate surface area is 125 Å². The number of alkyl carbamates (subject to hydrolysis) is 1. The number of ether oxygens (including phenoxy) is 1. The van der Waals surface area contributed by atoms with Gasteiger partial charge in [0.1, 0.15) is 5.60 Å². The fourth-order valence-corrected chi connectivity index (χ4v) is 2.39. The van der Waals surface area contributed by atoms with Gasteiger partial charge in [0.25, 0.3) is 0 Å². The summed E-state index contributed by atoms with van der Waals surface area (Å²) in [6, 6.07) is 3.31. The molecule has 0 saturated carbocycles. The van der Waals surface area contributed by atoms with Gasteiger partial charge in [-0.05, 0) is 45.7 Å². The Morgan fingerprint density at radius 2 is 2.29 bits per heavy atom. The molecule has 1 aromatic heterocycles. The Bertz CT molecular complexity index is 499. The summed E-state index contributed by atoms with van der Waals surface area (Å²) in [6.07, 6.45) is 3.07. The molecule has 2 heterocycles. The Morgan fingerprint density at radius 1 is 1.52 bits per heavy atom. The summed E-state index contributed by atoms with van der Waals surface area (Å²) >= 11 is 0. The first kappa shape index (κ1) is 15.4. The van der Waals surface area contributed by atoms with Crippen LogP contribution in [-0.4, -0.2) is 40.9 Å². The van der Waals surface area contributed by atoms with E-state index in [1.165, 1.54) is 0 Å². The zero-order valence-corrected chi connectivity index (χ0v) is 12.8. The number of amides is 1. The van der Waals surface area contributed by atoms with Crippen LogP contribution in [0, 0.1) is 0 Å². The zero-order chi connectivity index (χ0) is 15.5. The summed E-state index contributed by atoms with van der Waals surface area (Å²) in [5.41, 5.74) is -0.502. The van der Waals surface area contributed by atoms with Crippen LogP contribution in [0.4, 0.5) is 10.6 Å². The fraction of sp³-hybridized carbons (Fsp3) is 0.600. The van der Waals surface area contributed by atoms with E-state index in [9.17, 15) is 9.90 Å². The molecule has 0 aliphatic carbocycles. The summed E-state index contributed by atoms with van der Waals surface area (Å²) in [7, 11) is 0. The average Bonchev–Trinajstić information content (AvgIpc) is 2.37. The van der Waals surface area contributed by atoms with Gasteiger partial charge in [0, 0.05) is 25.3 Å². The van der Waals surface area contributed by atoms with Crippen molar-refractivity contribution in [2.45, 2.75) is 45.3 Å². The van der Waals surface area contributed by atoms with Gasteiger partial charge in [0.15, 0.2) is 11.6 Å². The van der Waals surface area contributed by atoms with Crippen LogP contribution in [-0.2, 0) is 4.74 Å². The number of piperidine rings is 1. The minimum Gasteiger partial charge on any atom is -0.504 e. The van der Waals surface area contributed by atoms with E-state index in [0.717, 1.165) is 19.4 Å². The summed E-state index contributed by atoms with van der Waals surface area (Å²) in [5.74, 6) is 0.726. The number of carbonyl (C=O) groups is 1. The first-order valence-corrected chi connectivity index (χ1v) is 7.23. The number of nitrogens with zero attached hydrogens (tertiary/aromatic N) is 2. The van der Waals surface area contributed by atoms with Crippen LogP contribution in [0.2, 0.25) is 0 Å². The average molecular weight is 293 g/mol. The van der Waals surface area contributed by atoms with Crippen molar-refractivity contribution < 1.29 is 14.6 Å². The maximum atomic E-state index is 11.8. The van der Waals surface area contributed by atoms with E-state index in [1.54, 1.807) is 18.3 Å². The number of anilines is 1. The van der Waals surface area contributed by atoms with Crippen LogP contribution in [0.15, 0.2) is 18.3 Å². The van der Waals surface area contributed by atoms with E-state index < -0.39 is 11.7 Å².